The predicted molar refractivity (Wildman–Crippen MR) is 50.8 cm³/mol. The minimum absolute atomic E-state index is 0. The second-order valence-electron chi connectivity index (χ2n) is 3.40. The standard InChI is InChI=1S/C9H14F2O2.ClH/c1-2-8(12)13-7-3-5-9(10,11)6-4-7;/h7H,2-6H2,1H3;1H. The Morgan fingerprint density at radius 3 is 2.36 bits per heavy atom. The summed E-state index contributed by atoms with van der Waals surface area (Å²) in [4.78, 5) is 10.8. The second kappa shape index (κ2) is 5.49. The van der Waals surface area contributed by atoms with Crippen LogP contribution in [-0.4, -0.2) is 18.0 Å². The Balaban J connectivity index is 0.00000169. The van der Waals surface area contributed by atoms with Gasteiger partial charge in [0, 0.05) is 19.3 Å². The number of ether oxygens (including phenoxy) is 1. The Labute approximate surface area is 88.4 Å². The van der Waals surface area contributed by atoms with E-state index in [0.717, 1.165) is 0 Å². The molecule has 0 amide bonds. The first-order valence-electron chi connectivity index (χ1n) is 4.61. The summed E-state index contributed by atoms with van der Waals surface area (Å²) in [7, 11) is 0. The fourth-order valence-corrected chi connectivity index (χ4v) is 1.40. The topological polar surface area (TPSA) is 26.3 Å². The molecule has 0 N–H and O–H groups in total. The van der Waals surface area contributed by atoms with Crippen molar-refractivity contribution in [1.29, 1.82) is 0 Å². The summed E-state index contributed by atoms with van der Waals surface area (Å²) in [5.41, 5.74) is 0. The molecule has 1 aliphatic carbocycles. The molecule has 0 radical (unpaired) electrons. The quantitative estimate of drug-likeness (QED) is 0.680. The summed E-state index contributed by atoms with van der Waals surface area (Å²) in [6, 6.07) is 0. The molecule has 14 heavy (non-hydrogen) atoms. The monoisotopic (exact) mass is 228 g/mol. The number of carbonyl (C=O) groups is 1. The number of alkyl halides is 2. The van der Waals surface area contributed by atoms with E-state index < -0.39 is 5.92 Å². The van der Waals surface area contributed by atoms with E-state index in [1.165, 1.54) is 0 Å². The van der Waals surface area contributed by atoms with Crippen molar-refractivity contribution in [1.82, 2.24) is 0 Å². The van der Waals surface area contributed by atoms with Crippen LogP contribution in [0.5, 0.6) is 0 Å². The van der Waals surface area contributed by atoms with E-state index in [1.807, 2.05) is 0 Å². The van der Waals surface area contributed by atoms with Crippen LogP contribution in [0.3, 0.4) is 0 Å². The molecule has 0 aromatic rings. The van der Waals surface area contributed by atoms with Crippen LogP contribution in [0.1, 0.15) is 39.0 Å². The van der Waals surface area contributed by atoms with Gasteiger partial charge in [0.15, 0.2) is 0 Å². The van der Waals surface area contributed by atoms with E-state index >= 15 is 0 Å². The molecule has 5 heteroatoms. The van der Waals surface area contributed by atoms with Gasteiger partial charge in [0.1, 0.15) is 6.10 Å². The molecular weight excluding hydrogens is 214 g/mol. The van der Waals surface area contributed by atoms with Gasteiger partial charge in [-0.25, -0.2) is 8.78 Å². The lowest BCUT2D eigenvalue weighted by atomic mass is 9.94. The van der Waals surface area contributed by atoms with Crippen LogP contribution in [0.4, 0.5) is 8.78 Å². The summed E-state index contributed by atoms with van der Waals surface area (Å²) in [5.74, 6) is -2.84. The molecule has 0 atom stereocenters. The number of halogens is 3. The van der Waals surface area contributed by atoms with Crippen molar-refractivity contribution < 1.29 is 18.3 Å². The fourth-order valence-electron chi connectivity index (χ4n) is 1.40. The van der Waals surface area contributed by atoms with Crippen molar-refractivity contribution in [3.05, 3.63) is 0 Å². The van der Waals surface area contributed by atoms with Crippen molar-refractivity contribution in [2.45, 2.75) is 51.1 Å². The molecule has 1 saturated carbocycles. The van der Waals surface area contributed by atoms with Crippen LogP contribution in [0.2, 0.25) is 0 Å². The molecular formula is C9H15ClF2O2. The fraction of sp³-hybridized carbons (Fsp3) is 0.889. The molecule has 0 spiro atoms. The van der Waals surface area contributed by atoms with E-state index in [9.17, 15) is 13.6 Å². The third-order valence-corrected chi connectivity index (χ3v) is 2.25. The zero-order valence-electron chi connectivity index (χ0n) is 8.09. The largest absolute Gasteiger partial charge is 0.462 e. The average molecular weight is 229 g/mol. The normalized spacial score (nSPS) is 21.1. The lowest BCUT2D eigenvalue weighted by Crippen LogP contribution is -2.30. The maximum Gasteiger partial charge on any atom is 0.305 e. The van der Waals surface area contributed by atoms with Crippen LogP contribution in [0.25, 0.3) is 0 Å². The van der Waals surface area contributed by atoms with Gasteiger partial charge in [0.05, 0.1) is 0 Å². The van der Waals surface area contributed by atoms with Crippen molar-refractivity contribution in [2.24, 2.45) is 0 Å². The highest BCUT2D eigenvalue weighted by Crippen LogP contribution is 2.34. The highest BCUT2D eigenvalue weighted by atomic mass is 35.5. The van der Waals surface area contributed by atoms with E-state index in [-0.39, 0.29) is 37.3 Å². The average Bonchev–Trinajstić information content (AvgIpc) is 2.08. The smallest absolute Gasteiger partial charge is 0.305 e. The molecule has 0 aromatic heterocycles. The van der Waals surface area contributed by atoms with E-state index in [0.29, 0.717) is 19.3 Å². The Morgan fingerprint density at radius 2 is 1.93 bits per heavy atom. The van der Waals surface area contributed by atoms with Gasteiger partial charge in [0.25, 0.3) is 0 Å². The molecule has 0 aliphatic heterocycles. The summed E-state index contributed by atoms with van der Waals surface area (Å²) >= 11 is 0. The maximum atomic E-state index is 12.7. The first-order valence-corrected chi connectivity index (χ1v) is 4.61. The zero-order chi connectivity index (χ0) is 9.90. The lowest BCUT2D eigenvalue weighted by molar-refractivity contribution is -0.154. The van der Waals surface area contributed by atoms with Crippen molar-refractivity contribution >= 4 is 18.4 Å². The molecule has 0 aromatic carbocycles. The van der Waals surface area contributed by atoms with Gasteiger partial charge in [-0.2, -0.15) is 0 Å². The van der Waals surface area contributed by atoms with Gasteiger partial charge in [-0.1, -0.05) is 6.92 Å². The van der Waals surface area contributed by atoms with Gasteiger partial charge in [-0.3, -0.25) is 4.79 Å². The summed E-state index contributed by atoms with van der Waals surface area (Å²) < 4.78 is 30.3. The first kappa shape index (κ1) is 13.6. The SMILES string of the molecule is CCC(=O)OC1CCC(F)(F)CC1.Cl. The minimum atomic E-state index is -2.55. The Morgan fingerprint density at radius 1 is 1.43 bits per heavy atom. The van der Waals surface area contributed by atoms with E-state index in [2.05, 4.69) is 0 Å². The summed E-state index contributed by atoms with van der Waals surface area (Å²) in [5, 5.41) is 0. The number of esters is 1. The molecule has 0 saturated heterocycles. The van der Waals surface area contributed by atoms with Crippen LogP contribution in [-0.2, 0) is 9.53 Å². The Bertz CT molecular complexity index is 187. The highest BCUT2D eigenvalue weighted by Gasteiger charge is 2.36. The Kier molecular flexibility index (Phi) is 5.34. The predicted octanol–water partition coefficient (Wildman–Crippen LogP) is 2.94. The molecule has 0 unspecified atom stereocenters. The van der Waals surface area contributed by atoms with E-state index in [4.69, 9.17) is 4.74 Å². The molecule has 1 rings (SSSR count). The van der Waals surface area contributed by atoms with Crippen molar-refractivity contribution in [3.63, 3.8) is 0 Å². The molecule has 1 fully saturated rings. The van der Waals surface area contributed by atoms with Crippen LogP contribution >= 0.6 is 12.4 Å². The molecule has 84 valence electrons. The number of hydrogen-bond donors (Lipinski definition) is 0. The summed E-state index contributed by atoms with van der Waals surface area (Å²) in [6.45, 7) is 1.69. The highest BCUT2D eigenvalue weighted by molar-refractivity contribution is 5.85. The van der Waals surface area contributed by atoms with Crippen LogP contribution in [0, 0.1) is 0 Å². The van der Waals surface area contributed by atoms with Crippen molar-refractivity contribution in [3.8, 4) is 0 Å². The number of hydrogen-bond acceptors (Lipinski definition) is 2. The van der Waals surface area contributed by atoms with Crippen LogP contribution in [0.15, 0.2) is 0 Å². The van der Waals surface area contributed by atoms with Gasteiger partial charge >= 0.3 is 5.97 Å². The Hall–Kier alpha value is -0.380. The molecule has 1 aliphatic rings. The van der Waals surface area contributed by atoms with Gasteiger partial charge in [-0.05, 0) is 12.8 Å². The minimum Gasteiger partial charge on any atom is -0.462 e. The molecule has 0 bridgehead atoms. The lowest BCUT2D eigenvalue weighted by Gasteiger charge is -2.27. The second-order valence-corrected chi connectivity index (χ2v) is 3.40. The van der Waals surface area contributed by atoms with Crippen LogP contribution < -0.4 is 0 Å². The maximum absolute atomic E-state index is 12.7. The number of carbonyl (C=O) groups excluding carboxylic acids is 1. The first-order chi connectivity index (χ1) is 6.03. The number of rotatable bonds is 2. The molecule has 2 nitrogen and oxygen atoms in total. The van der Waals surface area contributed by atoms with Gasteiger partial charge in [0.2, 0.25) is 5.92 Å². The van der Waals surface area contributed by atoms with E-state index in [1.54, 1.807) is 6.92 Å². The van der Waals surface area contributed by atoms with Gasteiger partial charge in [-0.15, -0.1) is 12.4 Å². The van der Waals surface area contributed by atoms with Crippen molar-refractivity contribution in [2.75, 3.05) is 0 Å². The third kappa shape index (κ3) is 4.22. The summed E-state index contributed by atoms with van der Waals surface area (Å²) in [6.07, 6.45) is 0.292. The third-order valence-electron chi connectivity index (χ3n) is 2.25. The van der Waals surface area contributed by atoms with Gasteiger partial charge < -0.3 is 4.74 Å². The zero-order valence-corrected chi connectivity index (χ0v) is 8.91. The molecule has 0 heterocycles.